The standard InChI is InChI=1S/C20H20Cl3N5O3S/c1-11-3-6-16(15-8-19-24-17(22)9-18(23)28(19)25-15)27(10-11)20(29)13-7-12(21)4-5-14(13)26-32(2,30)31/h4-5,7-9,11,16,26H,3,6,10H2,1-2H3/t11-,16-/m0/s1. The lowest BCUT2D eigenvalue weighted by Gasteiger charge is -2.38. The summed E-state index contributed by atoms with van der Waals surface area (Å²) in [6.07, 6.45) is 2.60. The maximum Gasteiger partial charge on any atom is 0.256 e. The molecule has 0 radical (unpaired) electrons. The van der Waals surface area contributed by atoms with E-state index in [-0.39, 0.29) is 34.3 Å². The van der Waals surface area contributed by atoms with Crippen molar-refractivity contribution in [2.24, 2.45) is 5.92 Å². The second-order valence-corrected chi connectivity index (χ2v) is 10.9. The maximum atomic E-state index is 13.7. The Bertz CT molecular complexity index is 1310. The number of fused-ring (bicyclic) bond motifs is 1. The van der Waals surface area contributed by atoms with Crippen molar-refractivity contribution in [3.8, 4) is 0 Å². The Kier molecular flexibility index (Phi) is 6.28. The molecule has 1 amide bonds. The predicted molar refractivity (Wildman–Crippen MR) is 125 cm³/mol. The van der Waals surface area contributed by atoms with E-state index in [2.05, 4.69) is 21.7 Å². The Hall–Kier alpha value is -2.07. The number of piperidine rings is 1. The van der Waals surface area contributed by atoms with Gasteiger partial charge < -0.3 is 4.90 Å². The first kappa shape index (κ1) is 23.1. The molecule has 3 aromatic rings. The van der Waals surface area contributed by atoms with Crippen LogP contribution in [0.3, 0.4) is 0 Å². The van der Waals surface area contributed by atoms with Gasteiger partial charge in [0.05, 0.1) is 29.2 Å². The second kappa shape index (κ2) is 8.70. The number of rotatable bonds is 4. The molecule has 1 aromatic carbocycles. The first-order valence-corrected chi connectivity index (χ1v) is 12.8. The number of nitrogens with one attached hydrogen (secondary N) is 1. The average Bonchev–Trinajstić information content (AvgIpc) is 3.12. The second-order valence-electron chi connectivity index (χ2n) is 7.96. The van der Waals surface area contributed by atoms with Crippen molar-refractivity contribution in [2.75, 3.05) is 17.5 Å². The van der Waals surface area contributed by atoms with E-state index < -0.39 is 10.0 Å². The molecule has 0 spiro atoms. The summed E-state index contributed by atoms with van der Waals surface area (Å²) in [5.41, 5.74) is 1.45. The van der Waals surface area contributed by atoms with Gasteiger partial charge in [-0.1, -0.05) is 41.7 Å². The van der Waals surface area contributed by atoms with Crippen molar-refractivity contribution < 1.29 is 13.2 Å². The molecule has 1 saturated heterocycles. The minimum Gasteiger partial charge on any atom is -0.330 e. The fourth-order valence-electron chi connectivity index (χ4n) is 3.91. The number of hydrogen-bond acceptors (Lipinski definition) is 5. The molecule has 0 bridgehead atoms. The molecule has 12 heteroatoms. The molecule has 0 unspecified atom stereocenters. The number of nitrogens with zero attached hydrogens (tertiary/aromatic N) is 4. The Morgan fingerprint density at radius 2 is 1.91 bits per heavy atom. The number of aromatic nitrogens is 3. The minimum absolute atomic E-state index is 0.171. The van der Waals surface area contributed by atoms with E-state index in [9.17, 15) is 13.2 Å². The van der Waals surface area contributed by atoms with Crippen molar-refractivity contribution in [1.29, 1.82) is 0 Å². The summed E-state index contributed by atoms with van der Waals surface area (Å²) < 4.78 is 27.5. The summed E-state index contributed by atoms with van der Waals surface area (Å²) in [5.74, 6) is -0.0850. The smallest absolute Gasteiger partial charge is 0.256 e. The molecule has 170 valence electrons. The first-order chi connectivity index (χ1) is 15.0. The summed E-state index contributed by atoms with van der Waals surface area (Å²) >= 11 is 18.4. The largest absolute Gasteiger partial charge is 0.330 e. The van der Waals surface area contributed by atoms with E-state index in [1.54, 1.807) is 11.0 Å². The average molecular weight is 517 g/mol. The number of anilines is 1. The third-order valence-electron chi connectivity index (χ3n) is 5.30. The van der Waals surface area contributed by atoms with Gasteiger partial charge in [-0.3, -0.25) is 9.52 Å². The van der Waals surface area contributed by atoms with Crippen LogP contribution in [0, 0.1) is 5.92 Å². The van der Waals surface area contributed by atoms with Gasteiger partial charge in [-0.2, -0.15) is 5.10 Å². The number of hydrogen-bond donors (Lipinski definition) is 1. The normalized spacial score (nSPS) is 19.3. The van der Waals surface area contributed by atoms with Crippen LogP contribution in [-0.2, 0) is 10.0 Å². The quantitative estimate of drug-likeness (QED) is 0.508. The highest BCUT2D eigenvalue weighted by atomic mass is 35.5. The van der Waals surface area contributed by atoms with Crippen LogP contribution in [0.15, 0.2) is 30.3 Å². The van der Waals surface area contributed by atoms with Gasteiger partial charge in [-0.15, -0.1) is 0 Å². The summed E-state index contributed by atoms with van der Waals surface area (Å²) in [5, 5.41) is 5.44. The Morgan fingerprint density at radius 1 is 1.16 bits per heavy atom. The molecular formula is C20H20Cl3N5O3S. The third-order valence-corrected chi connectivity index (χ3v) is 6.59. The number of benzene rings is 1. The summed E-state index contributed by atoms with van der Waals surface area (Å²) in [6.45, 7) is 2.54. The molecular weight excluding hydrogens is 497 g/mol. The zero-order valence-electron chi connectivity index (χ0n) is 17.2. The van der Waals surface area contributed by atoms with Gasteiger partial charge in [-0.05, 0) is 37.0 Å². The van der Waals surface area contributed by atoms with Crippen LogP contribution in [0.4, 0.5) is 5.69 Å². The van der Waals surface area contributed by atoms with Crippen molar-refractivity contribution in [3.63, 3.8) is 0 Å². The molecule has 3 heterocycles. The van der Waals surface area contributed by atoms with Gasteiger partial charge in [0.1, 0.15) is 10.3 Å². The van der Waals surface area contributed by atoms with Crippen molar-refractivity contribution in [2.45, 2.75) is 25.8 Å². The molecule has 0 saturated carbocycles. The molecule has 32 heavy (non-hydrogen) atoms. The van der Waals surface area contributed by atoms with Crippen LogP contribution < -0.4 is 4.72 Å². The number of halogens is 3. The SMILES string of the molecule is C[C@H]1CC[C@@H](c2cc3nc(Cl)cc(Cl)n3n2)N(C(=O)c2cc(Cl)ccc2NS(C)(=O)=O)C1. The molecule has 1 N–H and O–H groups in total. The molecule has 2 aromatic heterocycles. The third kappa shape index (κ3) is 4.80. The Morgan fingerprint density at radius 3 is 2.62 bits per heavy atom. The summed E-state index contributed by atoms with van der Waals surface area (Å²) in [6, 6.07) is 7.38. The predicted octanol–water partition coefficient (Wildman–Crippen LogP) is 4.67. The van der Waals surface area contributed by atoms with Crippen LogP contribution in [0.2, 0.25) is 15.3 Å². The first-order valence-electron chi connectivity index (χ1n) is 9.82. The Balaban J connectivity index is 1.76. The highest BCUT2D eigenvalue weighted by Crippen LogP contribution is 2.36. The molecule has 8 nitrogen and oxygen atoms in total. The van der Waals surface area contributed by atoms with E-state index in [0.717, 1.165) is 12.7 Å². The van der Waals surface area contributed by atoms with Crippen molar-refractivity contribution in [3.05, 3.63) is 56.9 Å². The van der Waals surface area contributed by atoms with Crippen molar-refractivity contribution in [1.82, 2.24) is 19.5 Å². The highest BCUT2D eigenvalue weighted by molar-refractivity contribution is 7.92. The van der Waals surface area contributed by atoms with E-state index in [4.69, 9.17) is 34.8 Å². The number of carbonyl (C=O) groups is 1. The number of sulfonamides is 1. The van der Waals surface area contributed by atoms with Crippen LogP contribution in [0.25, 0.3) is 5.65 Å². The highest BCUT2D eigenvalue weighted by Gasteiger charge is 2.34. The van der Waals surface area contributed by atoms with Gasteiger partial charge in [0.25, 0.3) is 5.91 Å². The van der Waals surface area contributed by atoms with Crippen LogP contribution in [-0.4, -0.2) is 46.6 Å². The monoisotopic (exact) mass is 515 g/mol. The van der Waals surface area contributed by atoms with E-state index >= 15 is 0 Å². The van der Waals surface area contributed by atoms with Gasteiger partial charge in [0.15, 0.2) is 5.65 Å². The number of likely N-dealkylation sites (tertiary alicyclic amines) is 1. The van der Waals surface area contributed by atoms with E-state index in [0.29, 0.717) is 34.5 Å². The zero-order chi connectivity index (χ0) is 23.2. The summed E-state index contributed by atoms with van der Waals surface area (Å²) in [4.78, 5) is 19.6. The zero-order valence-corrected chi connectivity index (χ0v) is 20.3. The van der Waals surface area contributed by atoms with Gasteiger partial charge in [0.2, 0.25) is 10.0 Å². The van der Waals surface area contributed by atoms with Crippen LogP contribution >= 0.6 is 34.8 Å². The minimum atomic E-state index is -3.59. The number of carbonyl (C=O) groups excluding carboxylic acids is 1. The van der Waals surface area contributed by atoms with Crippen LogP contribution in [0.5, 0.6) is 0 Å². The molecule has 2 atom stereocenters. The number of amides is 1. The topological polar surface area (TPSA) is 96.7 Å². The fraction of sp³-hybridized carbons (Fsp3) is 0.350. The van der Waals surface area contributed by atoms with Gasteiger partial charge in [-0.25, -0.2) is 17.9 Å². The molecule has 1 aliphatic rings. The van der Waals surface area contributed by atoms with Crippen LogP contribution in [0.1, 0.15) is 41.9 Å². The lowest BCUT2D eigenvalue weighted by Crippen LogP contribution is -2.42. The lowest BCUT2D eigenvalue weighted by molar-refractivity contribution is 0.0538. The van der Waals surface area contributed by atoms with E-state index in [1.807, 2.05) is 0 Å². The molecule has 0 aliphatic carbocycles. The molecule has 1 aliphatic heterocycles. The van der Waals surface area contributed by atoms with Gasteiger partial charge in [0, 0.05) is 23.7 Å². The van der Waals surface area contributed by atoms with E-state index in [1.165, 1.54) is 28.8 Å². The molecule has 1 fully saturated rings. The summed E-state index contributed by atoms with van der Waals surface area (Å²) in [7, 11) is -3.59. The van der Waals surface area contributed by atoms with Gasteiger partial charge >= 0.3 is 0 Å². The Labute approximate surface area is 200 Å². The lowest BCUT2D eigenvalue weighted by atomic mass is 9.91. The maximum absolute atomic E-state index is 13.7. The molecule has 4 rings (SSSR count). The van der Waals surface area contributed by atoms with Crippen molar-refractivity contribution >= 4 is 62.1 Å². The fourth-order valence-corrected chi connectivity index (χ4v) is 5.13.